The van der Waals surface area contributed by atoms with E-state index in [-0.39, 0.29) is 29.9 Å². The lowest BCUT2D eigenvalue weighted by atomic mass is 9.91. The fourth-order valence-corrected chi connectivity index (χ4v) is 3.75. The highest BCUT2D eigenvalue weighted by molar-refractivity contribution is 6.32. The molecule has 1 aliphatic carbocycles. The van der Waals surface area contributed by atoms with Crippen LogP contribution in [-0.4, -0.2) is 44.9 Å². The summed E-state index contributed by atoms with van der Waals surface area (Å²) in [7, 11) is 0. The largest absolute Gasteiger partial charge is 0.382 e. The van der Waals surface area contributed by atoms with Crippen molar-refractivity contribution in [1.29, 1.82) is 0 Å². The Hall–Kier alpha value is -2.94. The highest BCUT2D eigenvalue weighted by Crippen LogP contribution is 2.25. The predicted molar refractivity (Wildman–Crippen MR) is 121 cm³/mol. The molecule has 0 radical (unpaired) electrons. The SMILES string of the molecule is CC(=O)NC1CCC(NC(=O)c2cnc(Nc3ncncc3Cl)cc2NC(C)C)CC1. The third-order valence-corrected chi connectivity index (χ3v) is 5.25. The maximum absolute atomic E-state index is 13.0. The molecule has 10 heteroatoms. The first-order valence-corrected chi connectivity index (χ1v) is 10.8. The number of nitrogens with one attached hydrogen (secondary N) is 4. The van der Waals surface area contributed by atoms with E-state index in [1.807, 2.05) is 13.8 Å². The van der Waals surface area contributed by atoms with E-state index in [0.29, 0.717) is 27.9 Å². The molecular weight excluding hydrogens is 418 g/mol. The highest BCUT2D eigenvalue weighted by Gasteiger charge is 2.24. The first kappa shape index (κ1) is 22.7. The van der Waals surface area contributed by atoms with Crippen molar-refractivity contribution >= 4 is 40.7 Å². The topological polar surface area (TPSA) is 121 Å². The zero-order chi connectivity index (χ0) is 22.4. The number of nitrogens with zero attached hydrogens (tertiary/aromatic N) is 3. The average Bonchev–Trinajstić information content (AvgIpc) is 2.70. The normalized spacial score (nSPS) is 18.4. The number of anilines is 3. The maximum Gasteiger partial charge on any atom is 0.255 e. The third kappa shape index (κ3) is 6.52. The average molecular weight is 446 g/mol. The Morgan fingerprint density at radius 2 is 1.74 bits per heavy atom. The smallest absolute Gasteiger partial charge is 0.255 e. The molecule has 0 aromatic carbocycles. The molecule has 31 heavy (non-hydrogen) atoms. The maximum atomic E-state index is 13.0. The second-order valence-electron chi connectivity index (χ2n) is 7.98. The number of carbonyl (C=O) groups excluding carboxylic acids is 2. The lowest BCUT2D eigenvalue weighted by Gasteiger charge is -2.29. The molecule has 1 fully saturated rings. The third-order valence-electron chi connectivity index (χ3n) is 4.98. The summed E-state index contributed by atoms with van der Waals surface area (Å²) in [5.74, 6) is 0.758. The quantitative estimate of drug-likeness (QED) is 0.516. The lowest BCUT2D eigenvalue weighted by molar-refractivity contribution is -0.119. The zero-order valence-electron chi connectivity index (χ0n) is 17.9. The van der Waals surface area contributed by atoms with Gasteiger partial charge in [-0.25, -0.2) is 15.0 Å². The van der Waals surface area contributed by atoms with E-state index in [1.54, 1.807) is 12.3 Å². The van der Waals surface area contributed by atoms with Crippen molar-refractivity contribution in [2.45, 2.75) is 64.6 Å². The van der Waals surface area contributed by atoms with Crippen LogP contribution in [0.2, 0.25) is 5.02 Å². The number of amides is 2. The number of pyridine rings is 1. The molecule has 1 aliphatic rings. The number of halogens is 1. The van der Waals surface area contributed by atoms with Gasteiger partial charge in [0, 0.05) is 37.3 Å². The number of hydrogen-bond donors (Lipinski definition) is 4. The number of hydrogen-bond acceptors (Lipinski definition) is 7. The van der Waals surface area contributed by atoms with Gasteiger partial charge in [-0.15, -0.1) is 0 Å². The van der Waals surface area contributed by atoms with Crippen molar-refractivity contribution in [3.8, 4) is 0 Å². The van der Waals surface area contributed by atoms with Crippen LogP contribution < -0.4 is 21.3 Å². The van der Waals surface area contributed by atoms with Gasteiger partial charge in [-0.1, -0.05) is 11.6 Å². The minimum Gasteiger partial charge on any atom is -0.382 e. The van der Waals surface area contributed by atoms with Crippen molar-refractivity contribution in [3.05, 3.63) is 35.4 Å². The van der Waals surface area contributed by atoms with Gasteiger partial charge in [0.1, 0.15) is 17.2 Å². The summed E-state index contributed by atoms with van der Waals surface area (Å²) >= 11 is 6.11. The second kappa shape index (κ2) is 10.4. The van der Waals surface area contributed by atoms with Crippen LogP contribution in [0.25, 0.3) is 0 Å². The Bertz CT molecular complexity index is 930. The Kier molecular flexibility index (Phi) is 7.62. The van der Waals surface area contributed by atoms with E-state index in [0.717, 1.165) is 25.7 Å². The molecule has 2 aromatic rings. The molecule has 3 rings (SSSR count). The molecule has 2 amide bonds. The molecule has 0 atom stereocenters. The van der Waals surface area contributed by atoms with Gasteiger partial charge >= 0.3 is 0 Å². The molecule has 4 N–H and O–H groups in total. The van der Waals surface area contributed by atoms with Crippen molar-refractivity contribution in [2.75, 3.05) is 10.6 Å². The second-order valence-corrected chi connectivity index (χ2v) is 8.39. The molecule has 2 aromatic heterocycles. The Morgan fingerprint density at radius 3 is 2.35 bits per heavy atom. The summed E-state index contributed by atoms with van der Waals surface area (Å²) in [5.41, 5.74) is 1.14. The van der Waals surface area contributed by atoms with Crippen LogP contribution in [-0.2, 0) is 4.79 Å². The van der Waals surface area contributed by atoms with Crippen LogP contribution >= 0.6 is 11.6 Å². The number of aromatic nitrogens is 3. The standard InChI is InChI=1S/C21H28ClN7O2/c1-12(2)26-18-8-19(29-20-17(22)10-23-11-25-20)24-9-16(18)21(31)28-15-6-4-14(5-7-15)27-13(3)30/h8-12,14-15H,4-7H2,1-3H3,(H,27,30)(H,28,31)(H2,23,24,25,26,29). The van der Waals surface area contributed by atoms with Crippen LogP contribution in [0.5, 0.6) is 0 Å². The van der Waals surface area contributed by atoms with Crippen LogP contribution in [0, 0.1) is 0 Å². The van der Waals surface area contributed by atoms with Gasteiger partial charge in [0.05, 0.1) is 17.4 Å². The van der Waals surface area contributed by atoms with Crippen molar-refractivity contribution in [1.82, 2.24) is 25.6 Å². The fraction of sp³-hybridized carbons (Fsp3) is 0.476. The number of carbonyl (C=O) groups is 2. The van der Waals surface area contributed by atoms with E-state index in [1.165, 1.54) is 19.4 Å². The van der Waals surface area contributed by atoms with Crippen LogP contribution in [0.15, 0.2) is 24.8 Å². The van der Waals surface area contributed by atoms with Crippen molar-refractivity contribution in [3.63, 3.8) is 0 Å². The summed E-state index contributed by atoms with van der Waals surface area (Å²) < 4.78 is 0. The van der Waals surface area contributed by atoms with Crippen LogP contribution in [0.1, 0.15) is 56.8 Å². The summed E-state index contributed by atoms with van der Waals surface area (Å²) in [4.78, 5) is 36.5. The molecule has 0 bridgehead atoms. The van der Waals surface area contributed by atoms with E-state index in [9.17, 15) is 9.59 Å². The van der Waals surface area contributed by atoms with Crippen molar-refractivity contribution < 1.29 is 9.59 Å². The zero-order valence-corrected chi connectivity index (χ0v) is 18.7. The van der Waals surface area contributed by atoms with Gasteiger partial charge < -0.3 is 21.3 Å². The highest BCUT2D eigenvalue weighted by atomic mass is 35.5. The van der Waals surface area contributed by atoms with Gasteiger partial charge in [0.25, 0.3) is 5.91 Å². The molecule has 166 valence electrons. The molecule has 0 spiro atoms. The predicted octanol–water partition coefficient (Wildman–Crippen LogP) is 3.27. The fourth-order valence-electron chi connectivity index (χ4n) is 3.59. The Morgan fingerprint density at radius 1 is 1.06 bits per heavy atom. The molecule has 0 saturated heterocycles. The summed E-state index contributed by atoms with van der Waals surface area (Å²) in [6, 6.07) is 2.14. The van der Waals surface area contributed by atoms with Gasteiger partial charge in [0.15, 0.2) is 5.82 Å². The van der Waals surface area contributed by atoms with E-state index < -0.39 is 0 Å². The molecule has 2 heterocycles. The van der Waals surface area contributed by atoms with Gasteiger partial charge in [0.2, 0.25) is 5.91 Å². The van der Waals surface area contributed by atoms with Gasteiger partial charge in [-0.2, -0.15) is 0 Å². The summed E-state index contributed by atoms with van der Waals surface area (Å²) in [6.45, 7) is 5.53. The minimum atomic E-state index is -0.176. The monoisotopic (exact) mass is 445 g/mol. The summed E-state index contributed by atoms with van der Waals surface area (Å²) in [5, 5.41) is 12.8. The first-order valence-electron chi connectivity index (χ1n) is 10.4. The van der Waals surface area contributed by atoms with E-state index in [2.05, 4.69) is 36.2 Å². The van der Waals surface area contributed by atoms with Crippen molar-refractivity contribution in [2.24, 2.45) is 0 Å². The van der Waals surface area contributed by atoms with Gasteiger partial charge in [-0.05, 0) is 39.5 Å². The molecule has 1 saturated carbocycles. The lowest BCUT2D eigenvalue weighted by Crippen LogP contribution is -2.43. The summed E-state index contributed by atoms with van der Waals surface area (Å²) in [6.07, 6.45) is 7.77. The Balaban J connectivity index is 1.70. The van der Waals surface area contributed by atoms with E-state index in [4.69, 9.17) is 11.6 Å². The number of rotatable bonds is 7. The molecule has 0 aliphatic heterocycles. The van der Waals surface area contributed by atoms with Crippen LogP contribution in [0.3, 0.4) is 0 Å². The molecule has 0 unspecified atom stereocenters. The minimum absolute atomic E-state index is 0.0140. The first-order chi connectivity index (χ1) is 14.8. The van der Waals surface area contributed by atoms with Crippen LogP contribution in [0.4, 0.5) is 17.3 Å². The van der Waals surface area contributed by atoms with E-state index >= 15 is 0 Å². The molecule has 9 nitrogen and oxygen atoms in total. The Labute approximate surface area is 186 Å². The molecular formula is C21H28ClN7O2. The van der Waals surface area contributed by atoms with Gasteiger partial charge in [-0.3, -0.25) is 9.59 Å².